The first kappa shape index (κ1) is 12.6. The Bertz CT molecular complexity index is 744. The van der Waals surface area contributed by atoms with E-state index < -0.39 is 5.97 Å². The Labute approximate surface area is 124 Å². The number of nitrogens with zero attached hydrogens (tertiary/aromatic N) is 1. The quantitative estimate of drug-likeness (QED) is 0.745. The van der Waals surface area contributed by atoms with Gasteiger partial charge in [0.15, 0.2) is 5.76 Å². The number of thiophene rings is 1. The number of furan rings is 1. The molecule has 0 fully saturated rings. The van der Waals surface area contributed by atoms with Crippen molar-refractivity contribution in [3.8, 4) is 21.3 Å². The molecule has 0 atom stereocenters. The third-order valence-electron chi connectivity index (χ3n) is 2.38. The van der Waals surface area contributed by atoms with Gasteiger partial charge < -0.3 is 9.52 Å². The number of halogens is 1. The maximum Gasteiger partial charge on any atom is 0.338 e. The zero-order valence-electron chi connectivity index (χ0n) is 9.29. The van der Waals surface area contributed by atoms with Crippen molar-refractivity contribution in [3.63, 3.8) is 0 Å². The normalized spacial score (nSPS) is 10.8. The third-order valence-corrected chi connectivity index (χ3v) is 5.08. The molecule has 0 saturated heterocycles. The molecule has 96 valence electrons. The average molecular weight is 356 g/mol. The summed E-state index contributed by atoms with van der Waals surface area (Å²) in [6.07, 6.45) is 1.22. The van der Waals surface area contributed by atoms with Crippen LogP contribution < -0.4 is 0 Å². The number of carbonyl (C=O) groups is 1. The molecule has 0 aliphatic rings. The highest BCUT2D eigenvalue weighted by atomic mass is 79.9. The van der Waals surface area contributed by atoms with Crippen molar-refractivity contribution in [2.24, 2.45) is 0 Å². The first-order valence-corrected chi connectivity index (χ1v) is 7.71. The largest absolute Gasteiger partial charge is 0.478 e. The number of aromatic carboxylic acids is 1. The summed E-state index contributed by atoms with van der Waals surface area (Å²) in [6.45, 7) is 0. The van der Waals surface area contributed by atoms with Crippen LogP contribution in [0.15, 0.2) is 38.0 Å². The monoisotopic (exact) mass is 355 g/mol. The molecule has 0 spiro atoms. The first-order valence-electron chi connectivity index (χ1n) is 5.15. The molecule has 0 aromatic carbocycles. The maximum absolute atomic E-state index is 10.8. The fraction of sp³-hybridized carbons (Fsp3) is 0. The fourth-order valence-corrected chi connectivity index (χ4v) is 3.82. The number of hydrogen-bond acceptors (Lipinski definition) is 5. The Morgan fingerprint density at radius 3 is 2.79 bits per heavy atom. The van der Waals surface area contributed by atoms with Gasteiger partial charge in [-0.15, -0.1) is 22.7 Å². The molecule has 0 aliphatic heterocycles. The lowest BCUT2D eigenvalue weighted by atomic mass is 10.3. The van der Waals surface area contributed by atoms with Crippen LogP contribution in [0.5, 0.6) is 0 Å². The molecule has 3 rings (SSSR count). The van der Waals surface area contributed by atoms with Crippen LogP contribution in [0, 0.1) is 0 Å². The molecular weight excluding hydrogens is 350 g/mol. The van der Waals surface area contributed by atoms with Gasteiger partial charge in [0, 0.05) is 21.3 Å². The fourth-order valence-electron chi connectivity index (χ4n) is 1.51. The average Bonchev–Trinajstić information content (AvgIpc) is 3.07. The minimum Gasteiger partial charge on any atom is -0.478 e. The van der Waals surface area contributed by atoms with E-state index in [0.29, 0.717) is 11.5 Å². The van der Waals surface area contributed by atoms with Crippen molar-refractivity contribution in [1.82, 2.24) is 4.98 Å². The van der Waals surface area contributed by atoms with E-state index in [0.717, 1.165) is 14.4 Å². The van der Waals surface area contributed by atoms with Crippen LogP contribution in [0.25, 0.3) is 21.3 Å². The van der Waals surface area contributed by atoms with Gasteiger partial charge in [0.2, 0.25) is 0 Å². The number of hydrogen-bond donors (Lipinski definition) is 1. The van der Waals surface area contributed by atoms with Crippen molar-refractivity contribution >= 4 is 44.6 Å². The first-order chi connectivity index (χ1) is 9.13. The van der Waals surface area contributed by atoms with E-state index in [2.05, 4.69) is 20.9 Å². The van der Waals surface area contributed by atoms with Gasteiger partial charge in [0.05, 0.1) is 10.4 Å². The molecule has 0 saturated carbocycles. The Kier molecular flexibility index (Phi) is 3.26. The lowest BCUT2D eigenvalue weighted by Gasteiger charge is -1.88. The second-order valence-corrected chi connectivity index (χ2v) is 6.36. The SMILES string of the molecule is O=C(O)c1coc(-c2csc(-c3cc(Br)cs3)n2)c1. The molecule has 3 aromatic rings. The second kappa shape index (κ2) is 4.92. The Hall–Kier alpha value is -1.44. The van der Waals surface area contributed by atoms with Gasteiger partial charge in [-0.3, -0.25) is 0 Å². The molecular formula is C12H6BrNO3S2. The Balaban J connectivity index is 1.94. The van der Waals surface area contributed by atoms with Crippen molar-refractivity contribution in [1.29, 1.82) is 0 Å². The van der Waals surface area contributed by atoms with Crippen molar-refractivity contribution in [2.45, 2.75) is 0 Å². The number of thiazole rings is 1. The summed E-state index contributed by atoms with van der Waals surface area (Å²) in [4.78, 5) is 16.3. The van der Waals surface area contributed by atoms with E-state index in [1.807, 2.05) is 16.8 Å². The molecule has 3 heterocycles. The van der Waals surface area contributed by atoms with Crippen LogP contribution in [0.2, 0.25) is 0 Å². The highest BCUT2D eigenvalue weighted by Crippen LogP contribution is 2.34. The van der Waals surface area contributed by atoms with E-state index in [-0.39, 0.29) is 5.56 Å². The molecule has 4 nitrogen and oxygen atoms in total. The molecule has 19 heavy (non-hydrogen) atoms. The summed E-state index contributed by atoms with van der Waals surface area (Å²) in [6, 6.07) is 3.48. The van der Waals surface area contributed by atoms with Gasteiger partial charge >= 0.3 is 5.97 Å². The summed E-state index contributed by atoms with van der Waals surface area (Å²) in [5.41, 5.74) is 0.778. The standard InChI is InChI=1S/C12H6BrNO3S2/c13-7-2-10(18-4-7)11-14-8(5-19-11)9-1-6(3-17-9)12(15)16/h1-5H,(H,15,16). The zero-order chi connectivity index (χ0) is 13.4. The van der Waals surface area contributed by atoms with Crippen LogP contribution in [0.1, 0.15) is 10.4 Å². The number of aromatic nitrogens is 1. The Morgan fingerprint density at radius 2 is 2.16 bits per heavy atom. The molecule has 1 N–H and O–H groups in total. The minimum atomic E-state index is -1.01. The van der Waals surface area contributed by atoms with Gasteiger partial charge in [0.25, 0.3) is 0 Å². The summed E-state index contributed by atoms with van der Waals surface area (Å²) < 4.78 is 6.25. The lowest BCUT2D eigenvalue weighted by molar-refractivity contribution is 0.0696. The van der Waals surface area contributed by atoms with Crippen LogP contribution in [-0.2, 0) is 0 Å². The summed E-state index contributed by atoms with van der Waals surface area (Å²) >= 11 is 6.50. The van der Waals surface area contributed by atoms with Gasteiger partial charge in [-0.05, 0) is 22.0 Å². The topological polar surface area (TPSA) is 63.3 Å². The predicted octanol–water partition coefficient (Wildman–Crippen LogP) is 4.59. The molecule has 0 unspecified atom stereocenters. The molecule has 0 radical (unpaired) electrons. The summed E-state index contributed by atoms with van der Waals surface area (Å²) in [7, 11) is 0. The van der Waals surface area contributed by atoms with E-state index in [4.69, 9.17) is 9.52 Å². The van der Waals surface area contributed by atoms with Crippen molar-refractivity contribution in [3.05, 3.63) is 39.2 Å². The van der Waals surface area contributed by atoms with Crippen LogP contribution >= 0.6 is 38.6 Å². The van der Waals surface area contributed by atoms with Crippen molar-refractivity contribution < 1.29 is 14.3 Å². The highest BCUT2D eigenvalue weighted by molar-refractivity contribution is 9.10. The van der Waals surface area contributed by atoms with Gasteiger partial charge in [-0.2, -0.15) is 0 Å². The Morgan fingerprint density at radius 1 is 1.32 bits per heavy atom. The van der Waals surface area contributed by atoms with E-state index in [1.165, 1.54) is 23.7 Å². The number of carboxylic acid groups (broad SMARTS) is 1. The van der Waals surface area contributed by atoms with Crippen LogP contribution in [0.3, 0.4) is 0 Å². The lowest BCUT2D eigenvalue weighted by Crippen LogP contribution is -1.91. The molecule has 0 aliphatic carbocycles. The van der Waals surface area contributed by atoms with Gasteiger partial charge in [-0.25, -0.2) is 9.78 Å². The maximum atomic E-state index is 10.8. The number of carboxylic acids is 1. The third kappa shape index (κ3) is 2.49. The van der Waals surface area contributed by atoms with Crippen molar-refractivity contribution in [2.75, 3.05) is 0 Å². The molecule has 3 aromatic heterocycles. The van der Waals surface area contributed by atoms with Gasteiger partial charge in [-0.1, -0.05) is 0 Å². The summed E-state index contributed by atoms with van der Waals surface area (Å²) in [5, 5.41) is 13.6. The molecule has 0 bridgehead atoms. The van der Waals surface area contributed by atoms with Gasteiger partial charge in [0.1, 0.15) is 17.0 Å². The van der Waals surface area contributed by atoms with E-state index in [1.54, 1.807) is 11.3 Å². The zero-order valence-corrected chi connectivity index (χ0v) is 12.5. The summed E-state index contributed by atoms with van der Waals surface area (Å²) in [5.74, 6) is -0.539. The molecule has 7 heteroatoms. The minimum absolute atomic E-state index is 0.128. The number of rotatable bonds is 3. The van der Waals surface area contributed by atoms with Crippen LogP contribution in [-0.4, -0.2) is 16.1 Å². The second-order valence-electron chi connectivity index (χ2n) is 3.67. The van der Waals surface area contributed by atoms with E-state index in [9.17, 15) is 4.79 Å². The molecule has 0 amide bonds. The van der Waals surface area contributed by atoms with E-state index >= 15 is 0 Å². The smallest absolute Gasteiger partial charge is 0.338 e. The highest BCUT2D eigenvalue weighted by Gasteiger charge is 2.14. The predicted molar refractivity (Wildman–Crippen MR) is 77.8 cm³/mol. The van der Waals surface area contributed by atoms with Crippen LogP contribution in [0.4, 0.5) is 0 Å².